The first kappa shape index (κ1) is 24.0. The second-order valence-electron chi connectivity index (χ2n) is 10.1. The predicted octanol–water partition coefficient (Wildman–Crippen LogP) is 2.54. The van der Waals surface area contributed by atoms with Crippen LogP contribution in [0.2, 0.25) is 5.02 Å². The fraction of sp³-hybridized carbons (Fsp3) is 0.667. The van der Waals surface area contributed by atoms with E-state index in [0.717, 1.165) is 44.7 Å². The molecule has 3 unspecified atom stereocenters. The summed E-state index contributed by atoms with van der Waals surface area (Å²) in [5, 5.41) is 20.9. The van der Waals surface area contributed by atoms with Crippen molar-refractivity contribution in [2.45, 2.75) is 45.1 Å². The Morgan fingerprint density at radius 1 is 1.29 bits per heavy atom. The number of nitrogens with zero attached hydrogens (tertiary/aromatic N) is 2. The van der Waals surface area contributed by atoms with Crippen LogP contribution < -0.4 is 16.0 Å². The van der Waals surface area contributed by atoms with Crippen LogP contribution in [-0.4, -0.2) is 62.7 Å². The van der Waals surface area contributed by atoms with E-state index in [1.807, 2.05) is 24.3 Å². The molecule has 2 aliphatic heterocycles. The lowest BCUT2D eigenvalue weighted by Crippen LogP contribution is -2.58. The molecule has 6 nitrogen and oxygen atoms in total. The third kappa shape index (κ3) is 6.20. The van der Waals surface area contributed by atoms with Crippen LogP contribution in [0.25, 0.3) is 0 Å². The molecule has 1 amide bonds. The standard InChI is InChI=1S/C24H36ClN5O/c1-23(2,3)14-19-16-29-21(22(31)28-10-13-30-11-8-27-9-12-30)15-24(19,17-26)18-4-6-20(25)7-5-18/h4-7,19,21,27,29H,8-16H2,1-3H3,(H,28,31). The molecule has 3 atom stereocenters. The Morgan fingerprint density at radius 3 is 2.58 bits per heavy atom. The molecule has 7 heteroatoms. The van der Waals surface area contributed by atoms with Gasteiger partial charge in [0.2, 0.25) is 5.91 Å². The lowest BCUT2D eigenvalue weighted by molar-refractivity contribution is -0.124. The zero-order valence-corrected chi connectivity index (χ0v) is 19.8. The van der Waals surface area contributed by atoms with Crippen LogP contribution in [0.3, 0.4) is 0 Å². The molecule has 1 aromatic rings. The van der Waals surface area contributed by atoms with Crippen molar-refractivity contribution in [2.75, 3.05) is 45.8 Å². The molecule has 170 valence electrons. The summed E-state index contributed by atoms with van der Waals surface area (Å²) in [5.41, 5.74) is 0.317. The molecule has 2 fully saturated rings. The average molecular weight is 446 g/mol. The van der Waals surface area contributed by atoms with E-state index in [2.05, 4.69) is 47.7 Å². The number of amides is 1. The van der Waals surface area contributed by atoms with E-state index in [1.165, 1.54) is 0 Å². The Hall–Kier alpha value is -1.65. The van der Waals surface area contributed by atoms with Gasteiger partial charge in [0, 0.05) is 50.8 Å². The van der Waals surface area contributed by atoms with Gasteiger partial charge in [-0.1, -0.05) is 44.5 Å². The second-order valence-corrected chi connectivity index (χ2v) is 10.5. The molecule has 2 heterocycles. The van der Waals surface area contributed by atoms with Crippen molar-refractivity contribution in [3.8, 4) is 6.07 Å². The monoisotopic (exact) mass is 445 g/mol. The third-order valence-electron chi connectivity index (χ3n) is 6.50. The van der Waals surface area contributed by atoms with Gasteiger partial charge in [0.25, 0.3) is 0 Å². The third-order valence-corrected chi connectivity index (χ3v) is 6.76. The highest BCUT2D eigenvalue weighted by atomic mass is 35.5. The minimum Gasteiger partial charge on any atom is -0.353 e. The number of rotatable bonds is 6. The van der Waals surface area contributed by atoms with Gasteiger partial charge in [0.15, 0.2) is 0 Å². The molecule has 0 bridgehead atoms. The highest BCUT2D eigenvalue weighted by Gasteiger charge is 2.48. The fourth-order valence-electron chi connectivity index (χ4n) is 4.89. The summed E-state index contributed by atoms with van der Waals surface area (Å²) in [6, 6.07) is 9.84. The molecular weight excluding hydrogens is 410 g/mol. The Balaban J connectivity index is 1.72. The van der Waals surface area contributed by atoms with Crippen molar-refractivity contribution >= 4 is 17.5 Å². The van der Waals surface area contributed by atoms with Gasteiger partial charge in [0.1, 0.15) is 0 Å². The van der Waals surface area contributed by atoms with E-state index >= 15 is 0 Å². The number of hydrogen-bond acceptors (Lipinski definition) is 5. The molecule has 1 aromatic carbocycles. The van der Waals surface area contributed by atoms with Crippen LogP contribution in [0.15, 0.2) is 24.3 Å². The molecule has 0 spiro atoms. The molecule has 2 aliphatic rings. The van der Waals surface area contributed by atoms with Gasteiger partial charge in [-0.3, -0.25) is 9.69 Å². The maximum Gasteiger partial charge on any atom is 0.237 e. The molecule has 0 aliphatic carbocycles. The molecule has 0 saturated carbocycles. The van der Waals surface area contributed by atoms with E-state index in [9.17, 15) is 10.1 Å². The number of carbonyl (C=O) groups excluding carboxylic acids is 1. The normalized spacial score (nSPS) is 27.5. The van der Waals surface area contributed by atoms with Crippen molar-refractivity contribution in [1.82, 2.24) is 20.9 Å². The smallest absolute Gasteiger partial charge is 0.237 e. The van der Waals surface area contributed by atoms with E-state index in [1.54, 1.807) is 0 Å². The van der Waals surface area contributed by atoms with Crippen molar-refractivity contribution in [3.63, 3.8) is 0 Å². The first-order chi connectivity index (χ1) is 14.7. The summed E-state index contributed by atoms with van der Waals surface area (Å²) in [6.07, 6.45) is 1.36. The average Bonchev–Trinajstić information content (AvgIpc) is 2.74. The number of nitrogens with one attached hydrogen (secondary N) is 3. The largest absolute Gasteiger partial charge is 0.353 e. The van der Waals surface area contributed by atoms with Crippen molar-refractivity contribution in [1.29, 1.82) is 5.26 Å². The van der Waals surface area contributed by atoms with Crippen molar-refractivity contribution in [2.24, 2.45) is 11.3 Å². The van der Waals surface area contributed by atoms with Gasteiger partial charge in [-0.2, -0.15) is 5.26 Å². The number of piperidine rings is 1. The molecule has 3 rings (SSSR count). The Bertz CT molecular complexity index is 779. The van der Waals surface area contributed by atoms with E-state index in [0.29, 0.717) is 24.5 Å². The molecular formula is C24H36ClN5O. The Kier molecular flexibility index (Phi) is 7.98. The topological polar surface area (TPSA) is 80.2 Å². The minimum absolute atomic E-state index is 0.0158. The summed E-state index contributed by atoms with van der Waals surface area (Å²) in [5.74, 6) is 0.0986. The second kappa shape index (κ2) is 10.3. The van der Waals surface area contributed by atoms with Crippen LogP contribution >= 0.6 is 11.6 Å². The number of benzene rings is 1. The van der Waals surface area contributed by atoms with Crippen LogP contribution in [0.1, 0.15) is 39.2 Å². The quantitative estimate of drug-likeness (QED) is 0.627. The predicted molar refractivity (Wildman–Crippen MR) is 125 cm³/mol. The van der Waals surface area contributed by atoms with Crippen LogP contribution in [0.5, 0.6) is 0 Å². The van der Waals surface area contributed by atoms with E-state index < -0.39 is 5.41 Å². The fourth-order valence-corrected chi connectivity index (χ4v) is 5.01. The summed E-state index contributed by atoms with van der Waals surface area (Å²) < 4.78 is 0. The first-order valence-corrected chi connectivity index (χ1v) is 11.7. The number of halogens is 1. The zero-order valence-electron chi connectivity index (χ0n) is 19.0. The van der Waals surface area contributed by atoms with E-state index in [4.69, 9.17) is 11.6 Å². The molecule has 3 N–H and O–H groups in total. The SMILES string of the molecule is CC(C)(C)CC1CNC(C(=O)NCCN2CCNCC2)CC1(C#N)c1ccc(Cl)cc1. The van der Waals surface area contributed by atoms with Gasteiger partial charge < -0.3 is 16.0 Å². The molecule has 0 radical (unpaired) electrons. The highest BCUT2D eigenvalue weighted by Crippen LogP contribution is 2.44. The number of carbonyl (C=O) groups is 1. The van der Waals surface area contributed by atoms with Gasteiger partial charge in [0.05, 0.1) is 17.5 Å². The lowest BCUT2D eigenvalue weighted by atomic mass is 9.61. The van der Waals surface area contributed by atoms with Gasteiger partial charge >= 0.3 is 0 Å². The summed E-state index contributed by atoms with van der Waals surface area (Å²) in [7, 11) is 0. The van der Waals surface area contributed by atoms with Gasteiger partial charge in [-0.25, -0.2) is 0 Å². The van der Waals surface area contributed by atoms with Gasteiger partial charge in [-0.05, 0) is 41.9 Å². The highest BCUT2D eigenvalue weighted by molar-refractivity contribution is 6.30. The molecule has 0 aromatic heterocycles. The number of piperazine rings is 1. The van der Waals surface area contributed by atoms with Crippen molar-refractivity contribution < 1.29 is 4.79 Å². The molecule has 31 heavy (non-hydrogen) atoms. The van der Waals surface area contributed by atoms with Crippen LogP contribution in [0, 0.1) is 22.7 Å². The number of hydrogen-bond donors (Lipinski definition) is 3. The number of nitriles is 1. The van der Waals surface area contributed by atoms with E-state index in [-0.39, 0.29) is 23.3 Å². The first-order valence-electron chi connectivity index (χ1n) is 11.3. The summed E-state index contributed by atoms with van der Waals surface area (Å²) in [4.78, 5) is 15.3. The maximum absolute atomic E-state index is 13.0. The lowest BCUT2D eigenvalue weighted by Gasteiger charge is -2.45. The minimum atomic E-state index is -0.719. The zero-order chi connectivity index (χ0) is 22.5. The summed E-state index contributed by atoms with van der Waals surface area (Å²) >= 11 is 6.12. The van der Waals surface area contributed by atoms with Gasteiger partial charge in [-0.15, -0.1) is 0 Å². The summed E-state index contributed by atoms with van der Waals surface area (Å²) in [6.45, 7) is 12.8. The Labute approximate surface area is 191 Å². The maximum atomic E-state index is 13.0. The van der Waals surface area contributed by atoms with Crippen molar-refractivity contribution in [3.05, 3.63) is 34.9 Å². The molecule has 2 saturated heterocycles. The van der Waals surface area contributed by atoms with Crippen LogP contribution in [0.4, 0.5) is 0 Å². The Morgan fingerprint density at radius 2 is 1.97 bits per heavy atom. The van der Waals surface area contributed by atoms with Crippen LogP contribution in [-0.2, 0) is 10.2 Å².